The molecular formula is C25H26N8O3. The van der Waals surface area contributed by atoms with E-state index in [1.54, 1.807) is 26.1 Å². The Labute approximate surface area is 207 Å². The van der Waals surface area contributed by atoms with Crippen LogP contribution in [0.5, 0.6) is 0 Å². The van der Waals surface area contributed by atoms with Crippen molar-refractivity contribution in [2.24, 2.45) is 17.0 Å². The standard InChI is InChI=1S/C25H26N8O3/c1-16-14-32(24(35)19-8-6-18(7-9-19)23-28-17(2)36-30-23)11-12-33(16)25-29-21(13-22(34)31(25)3)20-5-4-10-26-15-27-20/h4-9,13,15-16H,10-12,14H2,1-3H3. The number of carbonyl (C=O) groups is 1. The third kappa shape index (κ3) is 4.59. The molecule has 1 aromatic carbocycles. The van der Waals surface area contributed by atoms with Crippen LogP contribution < -0.4 is 10.5 Å². The van der Waals surface area contributed by atoms with Gasteiger partial charge in [0, 0.05) is 56.8 Å². The number of anilines is 1. The molecule has 11 nitrogen and oxygen atoms in total. The maximum absolute atomic E-state index is 13.2. The van der Waals surface area contributed by atoms with Crippen molar-refractivity contribution in [3.63, 3.8) is 0 Å². The van der Waals surface area contributed by atoms with Crippen LogP contribution in [0.25, 0.3) is 11.4 Å². The summed E-state index contributed by atoms with van der Waals surface area (Å²) in [4.78, 5) is 47.2. The van der Waals surface area contributed by atoms with Crippen molar-refractivity contribution in [1.29, 1.82) is 0 Å². The molecule has 1 fully saturated rings. The molecule has 11 heteroatoms. The predicted molar refractivity (Wildman–Crippen MR) is 136 cm³/mol. The van der Waals surface area contributed by atoms with Gasteiger partial charge in [-0.1, -0.05) is 23.4 Å². The van der Waals surface area contributed by atoms with Gasteiger partial charge in [-0.25, -0.2) is 9.98 Å². The van der Waals surface area contributed by atoms with Gasteiger partial charge in [0.2, 0.25) is 17.7 Å². The molecule has 0 bridgehead atoms. The molecule has 2 aliphatic rings. The number of carbonyl (C=O) groups excluding carboxylic acids is 1. The maximum atomic E-state index is 13.2. The maximum Gasteiger partial charge on any atom is 0.255 e. The highest BCUT2D eigenvalue weighted by molar-refractivity contribution is 6.10. The summed E-state index contributed by atoms with van der Waals surface area (Å²) in [6.45, 7) is 5.84. The van der Waals surface area contributed by atoms with Crippen LogP contribution in [0.1, 0.15) is 28.9 Å². The van der Waals surface area contributed by atoms with Crippen LogP contribution in [0.3, 0.4) is 0 Å². The van der Waals surface area contributed by atoms with Crippen molar-refractivity contribution in [1.82, 2.24) is 24.6 Å². The second kappa shape index (κ2) is 9.68. The van der Waals surface area contributed by atoms with Gasteiger partial charge < -0.3 is 14.3 Å². The summed E-state index contributed by atoms with van der Waals surface area (Å²) in [5.74, 6) is 1.48. The van der Waals surface area contributed by atoms with E-state index in [2.05, 4.69) is 25.0 Å². The van der Waals surface area contributed by atoms with E-state index in [1.165, 1.54) is 17.0 Å². The Kier molecular flexibility index (Phi) is 6.28. The van der Waals surface area contributed by atoms with Crippen LogP contribution in [-0.2, 0) is 7.05 Å². The van der Waals surface area contributed by atoms with E-state index in [0.717, 1.165) is 5.56 Å². The van der Waals surface area contributed by atoms with E-state index in [-0.39, 0.29) is 17.5 Å². The van der Waals surface area contributed by atoms with E-state index < -0.39 is 0 Å². The number of amides is 1. The second-order valence-electron chi connectivity index (χ2n) is 8.74. The molecule has 0 saturated carbocycles. The van der Waals surface area contributed by atoms with Crippen molar-refractivity contribution in [2.75, 3.05) is 31.1 Å². The molecule has 0 spiro atoms. The number of hydrogen-bond acceptors (Lipinski definition) is 9. The summed E-state index contributed by atoms with van der Waals surface area (Å²) in [6, 6.07) is 8.62. The van der Waals surface area contributed by atoms with Crippen LogP contribution in [0, 0.1) is 6.92 Å². The number of aromatic nitrogens is 4. The molecule has 5 rings (SSSR count). The van der Waals surface area contributed by atoms with Gasteiger partial charge in [0.25, 0.3) is 11.5 Å². The normalized spacial score (nSPS) is 17.8. The monoisotopic (exact) mass is 486 g/mol. The minimum atomic E-state index is -0.171. The lowest BCUT2D eigenvalue weighted by molar-refractivity contribution is 0.0725. The van der Waals surface area contributed by atoms with Crippen LogP contribution >= 0.6 is 0 Å². The smallest absolute Gasteiger partial charge is 0.255 e. The van der Waals surface area contributed by atoms with Gasteiger partial charge in [0.15, 0.2) is 0 Å². The first-order valence-electron chi connectivity index (χ1n) is 11.7. The zero-order chi connectivity index (χ0) is 25.2. The molecule has 36 heavy (non-hydrogen) atoms. The van der Waals surface area contributed by atoms with Crippen molar-refractivity contribution in [2.45, 2.75) is 19.9 Å². The lowest BCUT2D eigenvalue weighted by atomic mass is 10.1. The summed E-state index contributed by atoms with van der Waals surface area (Å²) in [6.07, 6.45) is 5.19. The molecule has 1 atom stereocenters. The zero-order valence-electron chi connectivity index (χ0n) is 20.3. The molecule has 0 N–H and O–H groups in total. The van der Waals surface area contributed by atoms with Crippen molar-refractivity contribution in [3.05, 3.63) is 70.0 Å². The fraction of sp³-hybridized carbons (Fsp3) is 0.320. The van der Waals surface area contributed by atoms with Crippen molar-refractivity contribution >= 4 is 23.9 Å². The highest BCUT2D eigenvalue weighted by atomic mass is 16.5. The second-order valence-corrected chi connectivity index (χ2v) is 8.74. The van der Waals surface area contributed by atoms with Gasteiger partial charge in [-0.05, 0) is 25.1 Å². The number of benzene rings is 1. The SMILES string of the molecule is Cc1nc(-c2ccc(C(=O)N3CCN(c4nc(C5=NC=NCC=C5)cc(=O)n4C)C(C)C3)cc2)no1. The van der Waals surface area contributed by atoms with Crippen LogP contribution in [-0.4, -0.2) is 74.8 Å². The van der Waals surface area contributed by atoms with Crippen LogP contribution in [0.15, 0.2) is 61.8 Å². The Morgan fingerprint density at radius 1 is 1.14 bits per heavy atom. The number of allylic oxidation sites excluding steroid dienone is 1. The molecule has 0 radical (unpaired) electrons. The molecule has 184 valence electrons. The molecule has 1 amide bonds. The van der Waals surface area contributed by atoms with Gasteiger partial charge in [0.1, 0.15) is 6.34 Å². The molecular weight excluding hydrogens is 460 g/mol. The summed E-state index contributed by atoms with van der Waals surface area (Å²) in [5.41, 5.74) is 2.30. The molecule has 1 saturated heterocycles. The average Bonchev–Trinajstić information content (AvgIpc) is 3.14. The van der Waals surface area contributed by atoms with E-state index in [9.17, 15) is 9.59 Å². The minimum absolute atomic E-state index is 0.0502. The third-order valence-corrected chi connectivity index (χ3v) is 6.23. The molecule has 4 heterocycles. The van der Waals surface area contributed by atoms with E-state index in [1.807, 2.05) is 36.1 Å². The van der Waals surface area contributed by atoms with Crippen molar-refractivity contribution < 1.29 is 9.32 Å². The van der Waals surface area contributed by atoms with Gasteiger partial charge >= 0.3 is 0 Å². The topological polar surface area (TPSA) is 122 Å². The van der Waals surface area contributed by atoms with E-state index in [0.29, 0.717) is 60.8 Å². The molecule has 2 aliphatic heterocycles. The molecule has 3 aromatic rings. The number of piperazine rings is 1. The lowest BCUT2D eigenvalue weighted by Gasteiger charge is -2.41. The first-order chi connectivity index (χ1) is 17.4. The summed E-state index contributed by atoms with van der Waals surface area (Å²) in [7, 11) is 1.71. The Hall–Kier alpha value is -4.41. The Morgan fingerprint density at radius 2 is 1.94 bits per heavy atom. The van der Waals surface area contributed by atoms with Gasteiger partial charge in [-0.15, -0.1) is 0 Å². The van der Waals surface area contributed by atoms with E-state index in [4.69, 9.17) is 9.51 Å². The molecule has 0 aliphatic carbocycles. The Bertz CT molecular complexity index is 1430. The number of rotatable bonds is 4. The first kappa shape index (κ1) is 23.3. The highest BCUT2D eigenvalue weighted by Crippen LogP contribution is 2.21. The Morgan fingerprint density at radius 3 is 2.67 bits per heavy atom. The number of aryl methyl sites for hydroxylation is 1. The predicted octanol–water partition coefficient (Wildman–Crippen LogP) is 1.88. The zero-order valence-corrected chi connectivity index (χ0v) is 20.3. The van der Waals surface area contributed by atoms with Crippen LogP contribution in [0.4, 0.5) is 5.95 Å². The van der Waals surface area contributed by atoms with Gasteiger partial charge in [0.05, 0.1) is 18.0 Å². The summed E-state index contributed by atoms with van der Waals surface area (Å²) >= 11 is 0. The minimum Gasteiger partial charge on any atom is -0.339 e. The van der Waals surface area contributed by atoms with Gasteiger partial charge in [-0.2, -0.15) is 4.98 Å². The van der Waals surface area contributed by atoms with E-state index >= 15 is 0 Å². The van der Waals surface area contributed by atoms with Crippen molar-refractivity contribution in [3.8, 4) is 11.4 Å². The Balaban J connectivity index is 1.33. The summed E-state index contributed by atoms with van der Waals surface area (Å²) in [5, 5.41) is 3.92. The first-order valence-corrected chi connectivity index (χ1v) is 11.7. The number of hydrogen-bond donors (Lipinski definition) is 0. The summed E-state index contributed by atoms with van der Waals surface area (Å²) < 4.78 is 6.56. The average molecular weight is 487 g/mol. The third-order valence-electron chi connectivity index (χ3n) is 6.23. The lowest BCUT2D eigenvalue weighted by Crippen LogP contribution is -2.55. The molecule has 1 unspecified atom stereocenters. The van der Waals surface area contributed by atoms with Crippen LogP contribution in [0.2, 0.25) is 0 Å². The fourth-order valence-electron chi connectivity index (χ4n) is 4.29. The molecule has 2 aromatic heterocycles. The quantitative estimate of drug-likeness (QED) is 0.552. The number of nitrogens with zero attached hydrogens (tertiary/aromatic N) is 8. The number of aliphatic imine (C=N–C) groups is 2. The largest absolute Gasteiger partial charge is 0.339 e. The van der Waals surface area contributed by atoms with Gasteiger partial charge in [-0.3, -0.25) is 19.1 Å². The fourth-order valence-corrected chi connectivity index (χ4v) is 4.29. The highest BCUT2D eigenvalue weighted by Gasteiger charge is 2.30.